The largest absolute Gasteiger partial charge is 0.570 e. The number of nitrogen functional groups attached to an aromatic ring is 1. The van der Waals surface area contributed by atoms with Gasteiger partial charge in [0.1, 0.15) is 30.2 Å². The Labute approximate surface area is 175 Å². The van der Waals surface area contributed by atoms with Gasteiger partial charge in [-0.05, 0) is 23.9 Å². The summed E-state index contributed by atoms with van der Waals surface area (Å²) in [6, 6.07) is 5.53. The number of anilines is 1. The Morgan fingerprint density at radius 3 is 2.93 bits per heavy atom. The lowest BCUT2D eigenvalue weighted by Gasteiger charge is -2.26. The first-order chi connectivity index (χ1) is 14.5. The summed E-state index contributed by atoms with van der Waals surface area (Å²) in [5.74, 6) is 0.223. The summed E-state index contributed by atoms with van der Waals surface area (Å²) in [6.45, 7) is -0.0473. The van der Waals surface area contributed by atoms with E-state index in [2.05, 4.69) is 19.9 Å². The molecule has 4 atom stereocenters. The van der Waals surface area contributed by atoms with Gasteiger partial charge in [-0.25, -0.2) is 19.9 Å². The second-order valence-corrected chi connectivity index (χ2v) is 9.03. The van der Waals surface area contributed by atoms with Crippen LogP contribution in [0.25, 0.3) is 11.2 Å². The highest BCUT2D eigenvalue weighted by molar-refractivity contribution is 7.99. The van der Waals surface area contributed by atoms with Crippen molar-refractivity contribution in [2.24, 2.45) is 0 Å². The molecule has 0 spiro atoms. The average molecular weight is 453 g/mol. The maximum Gasteiger partial charge on any atom is 0.570 e. The maximum absolute atomic E-state index is 9.85. The molecule has 0 amide bonds. The number of aromatic nitrogens is 5. The zero-order chi connectivity index (χ0) is 20.9. The van der Waals surface area contributed by atoms with Crippen LogP contribution in [0.1, 0.15) is 6.23 Å². The Bertz CT molecular complexity index is 1070. The molecule has 3 aromatic rings. The van der Waals surface area contributed by atoms with Crippen LogP contribution in [0.4, 0.5) is 5.82 Å². The van der Waals surface area contributed by atoms with E-state index in [1.54, 1.807) is 10.8 Å². The van der Waals surface area contributed by atoms with Crippen molar-refractivity contribution in [1.82, 2.24) is 24.5 Å². The van der Waals surface area contributed by atoms with Crippen LogP contribution in [-0.4, -0.2) is 66.3 Å². The zero-order valence-electron chi connectivity index (χ0n) is 15.6. The van der Waals surface area contributed by atoms with Crippen LogP contribution in [0, 0.1) is 0 Å². The fourth-order valence-electron chi connectivity index (χ4n) is 3.50. The molecule has 158 valence electrons. The molecule has 2 aliphatic rings. The summed E-state index contributed by atoms with van der Waals surface area (Å²) in [6.07, 6.45) is 0.274. The molecule has 2 aliphatic heterocycles. The van der Waals surface area contributed by atoms with Crippen LogP contribution in [0.5, 0.6) is 0 Å². The average Bonchev–Trinajstić information content (AvgIpc) is 3.25. The third kappa shape index (κ3) is 3.43. The predicted molar refractivity (Wildman–Crippen MR) is 105 cm³/mol. The minimum absolute atomic E-state index is 0.0473. The Balaban J connectivity index is 1.60. The minimum atomic E-state index is -3.93. The summed E-state index contributed by atoms with van der Waals surface area (Å²) in [4.78, 5) is 37.0. The van der Waals surface area contributed by atoms with E-state index in [9.17, 15) is 9.79 Å². The molecule has 0 aromatic carbocycles. The van der Waals surface area contributed by atoms with Gasteiger partial charge in [0.2, 0.25) is 0 Å². The molecule has 2 fully saturated rings. The van der Waals surface area contributed by atoms with E-state index in [4.69, 9.17) is 24.3 Å². The lowest BCUT2D eigenvalue weighted by atomic mass is 10.1. The summed E-state index contributed by atoms with van der Waals surface area (Å²) in [7, 11) is -2.44. The van der Waals surface area contributed by atoms with E-state index in [0.717, 1.165) is 0 Å². The number of imidazole rings is 1. The summed E-state index contributed by atoms with van der Waals surface area (Å²) >= 11 is 1.30. The van der Waals surface area contributed by atoms with Gasteiger partial charge in [0.25, 0.3) is 0 Å². The second kappa shape index (κ2) is 7.62. The Hall–Kier alpha value is -1.96. The highest BCUT2D eigenvalue weighted by Gasteiger charge is 2.60. The quantitative estimate of drug-likeness (QED) is 0.481. The van der Waals surface area contributed by atoms with Gasteiger partial charge in [-0.3, -0.25) is 4.57 Å². The summed E-state index contributed by atoms with van der Waals surface area (Å²) < 4.78 is 23.9. The smallest absolute Gasteiger partial charge is 0.382 e. The predicted octanol–water partition coefficient (Wildman–Crippen LogP) is 0.945. The second-order valence-electron chi connectivity index (χ2n) is 6.59. The first-order valence-corrected chi connectivity index (χ1v) is 11.2. The zero-order valence-corrected chi connectivity index (χ0v) is 17.3. The maximum atomic E-state index is 9.85. The lowest BCUT2D eigenvalue weighted by Crippen LogP contribution is -2.41. The minimum Gasteiger partial charge on any atom is -0.382 e. The molecule has 30 heavy (non-hydrogen) atoms. The van der Waals surface area contributed by atoms with Crippen LogP contribution < -0.4 is 5.73 Å². The van der Waals surface area contributed by atoms with E-state index in [0.29, 0.717) is 21.3 Å². The molecular weight excluding hydrogens is 435 g/mol. The van der Waals surface area contributed by atoms with Crippen molar-refractivity contribution in [3.05, 3.63) is 30.7 Å². The number of ether oxygens (including phenoxy) is 2. The molecule has 2 saturated heterocycles. The monoisotopic (exact) mass is 453 g/mol. The van der Waals surface area contributed by atoms with Gasteiger partial charge in [0.15, 0.2) is 34.5 Å². The van der Waals surface area contributed by atoms with Crippen LogP contribution in [0.2, 0.25) is 0 Å². The highest BCUT2D eigenvalue weighted by atomic mass is 32.2. The lowest BCUT2D eigenvalue weighted by molar-refractivity contribution is -0.0763. The molecule has 12 nitrogen and oxygen atoms in total. The van der Waals surface area contributed by atoms with E-state index in [1.165, 1.54) is 25.2 Å². The number of nitrogens with zero attached hydrogens (tertiary/aromatic N) is 5. The third-order valence-corrected chi connectivity index (χ3v) is 6.71. The molecule has 1 unspecified atom stereocenters. The number of pyridine rings is 1. The number of nitrogens with two attached hydrogens (primary N) is 1. The number of hydrogen-bond acceptors (Lipinski definition) is 12. The summed E-state index contributed by atoms with van der Waals surface area (Å²) in [5, 5.41) is 1.22. The van der Waals surface area contributed by atoms with Gasteiger partial charge >= 0.3 is 8.17 Å². The van der Waals surface area contributed by atoms with Crippen molar-refractivity contribution in [2.45, 2.75) is 34.7 Å². The number of methoxy groups -OCH3 is 1. The van der Waals surface area contributed by atoms with Crippen LogP contribution >= 0.6 is 19.9 Å². The number of hydrogen-bond donors (Lipinski definition) is 3. The fourth-order valence-corrected chi connectivity index (χ4v) is 5.34. The van der Waals surface area contributed by atoms with Gasteiger partial charge < -0.3 is 15.2 Å². The Morgan fingerprint density at radius 1 is 1.30 bits per heavy atom. The van der Waals surface area contributed by atoms with Gasteiger partial charge in [-0.1, -0.05) is 6.07 Å². The van der Waals surface area contributed by atoms with E-state index in [-0.39, 0.29) is 12.4 Å². The van der Waals surface area contributed by atoms with E-state index >= 15 is 0 Å². The summed E-state index contributed by atoms with van der Waals surface area (Å²) in [5.41, 5.74) is 6.88. The number of fused-ring (bicyclic) bond motifs is 2. The Morgan fingerprint density at radius 2 is 2.17 bits per heavy atom. The van der Waals surface area contributed by atoms with Crippen LogP contribution in [0.3, 0.4) is 0 Å². The molecule has 4 N–H and O–H groups in total. The molecule has 14 heteroatoms. The first kappa shape index (κ1) is 20.0. The molecule has 0 radical (unpaired) electrons. The van der Waals surface area contributed by atoms with Gasteiger partial charge in [0, 0.05) is 13.3 Å². The molecule has 0 bridgehead atoms. The van der Waals surface area contributed by atoms with Crippen molar-refractivity contribution in [3.8, 4) is 0 Å². The Kier molecular flexibility index (Phi) is 5.08. The van der Waals surface area contributed by atoms with E-state index < -0.39 is 32.7 Å². The van der Waals surface area contributed by atoms with E-state index in [1.807, 2.05) is 18.2 Å². The standard InChI is InChI=1S/C16H18N6O6PS/c1-25-12-11-8(6-26-29(23,24)28-11)27-15(12)22-14-10(13(17)19-7-20-14)21-16(22)30-9-4-2-3-5-18-9/h2-5,7-8,11-12,15,23-24H,6H2,1H3,(H2,17,19,20)/q+1/t8-,11-,12?,15-/m1/s1. The molecule has 5 heterocycles. The van der Waals surface area contributed by atoms with Crippen molar-refractivity contribution in [3.63, 3.8) is 0 Å². The van der Waals surface area contributed by atoms with Crippen molar-refractivity contribution in [1.29, 1.82) is 0 Å². The van der Waals surface area contributed by atoms with Crippen molar-refractivity contribution in [2.75, 3.05) is 19.5 Å². The van der Waals surface area contributed by atoms with Crippen molar-refractivity contribution < 1.29 is 28.3 Å². The van der Waals surface area contributed by atoms with Crippen LogP contribution in [-0.2, 0) is 18.5 Å². The molecule has 3 aromatic heterocycles. The number of rotatable bonds is 4. The van der Waals surface area contributed by atoms with Gasteiger partial charge in [0.05, 0.1) is 0 Å². The SMILES string of the molecule is COC1[C@H](n2c(Sc3ccccn3)nc3c(N)ncnc32)O[C@@H]2CO[P+](O)(O)O[C@@H]12. The van der Waals surface area contributed by atoms with Crippen molar-refractivity contribution >= 4 is 36.9 Å². The first-order valence-electron chi connectivity index (χ1n) is 8.90. The highest BCUT2D eigenvalue weighted by Crippen LogP contribution is 2.59. The molecular formula is C16H18N6O6PS+. The molecule has 5 rings (SSSR count). The molecule has 0 saturated carbocycles. The van der Waals surface area contributed by atoms with Gasteiger partial charge in [-0.15, -0.1) is 4.52 Å². The molecule has 0 aliphatic carbocycles. The normalized spacial score (nSPS) is 28.0. The fraction of sp³-hybridized carbons (Fsp3) is 0.375. The van der Waals surface area contributed by atoms with Gasteiger partial charge in [-0.2, -0.15) is 14.3 Å². The third-order valence-electron chi connectivity index (χ3n) is 4.78. The topological polar surface area (TPSA) is 160 Å². The van der Waals surface area contributed by atoms with Crippen LogP contribution in [0.15, 0.2) is 40.9 Å².